The van der Waals surface area contributed by atoms with Crippen molar-refractivity contribution in [3.63, 3.8) is 0 Å². The second-order valence-electron chi connectivity index (χ2n) is 7.08. The molecule has 0 saturated carbocycles. The van der Waals surface area contributed by atoms with E-state index >= 15 is 0 Å². The molecule has 7 heteroatoms. The van der Waals surface area contributed by atoms with Gasteiger partial charge in [0.2, 0.25) is 5.91 Å². The molecule has 1 aromatic carbocycles. The lowest BCUT2D eigenvalue weighted by atomic mass is 10.0. The lowest BCUT2D eigenvalue weighted by molar-refractivity contribution is -0.126. The first-order valence-electron chi connectivity index (χ1n) is 9.78. The number of piperidine rings is 1. The van der Waals surface area contributed by atoms with Gasteiger partial charge in [0, 0.05) is 19.5 Å². The van der Waals surface area contributed by atoms with Crippen LogP contribution in [0.5, 0.6) is 0 Å². The van der Waals surface area contributed by atoms with Gasteiger partial charge in [0.15, 0.2) is 0 Å². The number of aromatic amines is 1. The van der Waals surface area contributed by atoms with Crippen LogP contribution in [0.4, 0.5) is 0 Å². The minimum absolute atomic E-state index is 0.0304. The first-order valence-corrected chi connectivity index (χ1v) is 10.7. The number of thiophene rings is 1. The first kappa shape index (κ1) is 18.7. The minimum Gasteiger partial charge on any atom is -0.354 e. The van der Waals surface area contributed by atoms with E-state index in [0.717, 1.165) is 49.0 Å². The van der Waals surface area contributed by atoms with E-state index in [1.54, 1.807) is 4.90 Å². The van der Waals surface area contributed by atoms with E-state index in [0.29, 0.717) is 18.0 Å². The molecule has 1 fully saturated rings. The van der Waals surface area contributed by atoms with E-state index in [9.17, 15) is 9.59 Å². The number of para-hydroxylation sites is 2. The number of likely N-dealkylation sites (tertiary alicyclic amines) is 1. The van der Waals surface area contributed by atoms with Crippen LogP contribution in [-0.2, 0) is 11.2 Å². The highest BCUT2D eigenvalue weighted by atomic mass is 32.1. The molecule has 6 nitrogen and oxygen atoms in total. The number of nitrogens with one attached hydrogen (secondary N) is 2. The number of hydrogen-bond donors (Lipinski definition) is 2. The quantitative estimate of drug-likeness (QED) is 0.627. The fourth-order valence-electron chi connectivity index (χ4n) is 3.70. The maximum absolute atomic E-state index is 12.7. The van der Waals surface area contributed by atoms with Gasteiger partial charge in [0.1, 0.15) is 11.9 Å². The van der Waals surface area contributed by atoms with Gasteiger partial charge in [-0.1, -0.05) is 18.2 Å². The Labute approximate surface area is 168 Å². The summed E-state index contributed by atoms with van der Waals surface area (Å²) in [5.41, 5.74) is 2.00. The van der Waals surface area contributed by atoms with Crippen molar-refractivity contribution in [2.45, 2.75) is 38.1 Å². The Balaban J connectivity index is 1.30. The molecule has 0 unspecified atom stereocenters. The van der Waals surface area contributed by atoms with E-state index in [1.165, 1.54) is 11.3 Å². The molecule has 0 spiro atoms. The van der Waals surface area contributed by atoms with Gasteiger partial charge in [-0.25, -0.2) is 4.98 Å². The van der Waals surface area contributed by atoms with Gasteiger partial charge >= 0.3 is 0 Å². The highest BCUT2D eigenvalue weighted by molar-refractivity contribution is 7.12. The van der Waals surface area contributed by atoms with Gasteiger partial charge in [0.05, 0.1) is 15.9 Å². The Bertz CT molecular complexity index is 917. The third kappa shape index (κ3) is 4.09. The number of aryl methyl sites for hydroxylation is 1. The summed E-state index contributed by atoms with van der Waals surface area (Å²) in [4.78, 5) is 35.7. The topological polar surface area (TPSA) is 78.1 Å². The summed E-state index contributed by atoms with van der Waals surface area (Å²) in [6, 6.07) is 11.3. The normalized spacial score (nSPS) is 17.0. The summed E-state index contributed by atoms with van der Waals surface area (Å²) in [5, 5.41) is 4.91. The SMILES string of the molecule is O=C(NCCCc1nc2ccccc2[nH]1)[C@H]1CCCCN1C(=O)c1cccs1. The Morgan fingerprint density at radius 2 is 2.11 bits per heavy atom. The zero-order chi connectivity index (χ0) is 19.3. The molecule has 0 aliphatic carbocycles. The van der Waals surface area contributed by atoms with Crippen LogP contribution in [0.2, 0.25) is 0 Å². The third-order valence-electron chi connectivity index (χ3n) is 5.13. The van der Waals surface area contributed by atoms with Crippen molar-refractivity contribution in [3.05, 3.63) is 52.5 Å². The summed E-state index contributed by atoms with van der Waals surface area (Å²) < 4.78 is 0. The van der Waals surface area contributed by atoms with Crippen molar-refractivity contribution in [1.82, 2.24) is 20.2 Å². The average Bonchev–Trinajstić information content (AvgIpc) is 3.40. The van der Waals surface area contributed by atoms with Gasteiger partial charge in [-0.05, 0) is 49.3 Å². The molecule has 4 rings (SSSR count). The van der Waals surface area contributed by atoms with Gasteiger partial charge in [-0.3, -0.25) is 9.59 Å². The smallest absolute Gasteiger partial charge is 0.264 e. The molecule has 1 aliphatic rings. The van der Waals surface area contributed by atoms with E-state index in [4.69, 9.17) is 0 Å². The summed E-state index contributed by atoms with van der Waals surface area (Å²) in [6.45, 7) is 1.22. The first-order chi connectivity index (χ1) is 13.7. The van der Waals surface area contributed by atoms with Gasteiger partial charge in [-0.2, -0.15) is 0 Å². The van der Waals surface area contributed by atoms with Crippen molar-refractivity contribution in [2.24, 2.45) is 0 Å². The fourth-order valence-corrected chi connectivity index (χ4v) is 4.38. The second-order valence-corrected chi connectivity index (χ2v) is 8.03. The molecule has 3 heterocycles. The van der Waals surface area contributed by atoms with Gasteiger partial charge in [-0.15, -0.1) is 11.3 Å². The summed E-state index contributed by atoms with van der Waals surface area (Å²) in [5.74, 6) is 0.856. The number of H-pyrrole nitrogens is 1. The Morgan fingerprint density at radius 1 is 1.21 bits per heavy atom. The van der Waals surface area contributed by atoms with Crippen LogP contribution < -0.4 is 5.32 Å². The molecular formula is C21H24N4O2S. The van der Waals surface area contributed by atoms with E-state index < -0.39 is 0 Å². The Morgan fingerprint density at radius 3 is 2.93 bits per heavy atom. The molecule has 146 valence electrons. The van der Waals surface area contributed by atoms with Crippen molar-refractivity contribution in [1.29, 1.82) is 0 Å². The van der Waals surface area contributed by atoms with Crippen molar-refractivity contribution >= 4 is 34.2 Å². The number of rotatable bonds is 6. The Hall–Kier alpha value is -2.67. The fraction of sp³-hybridized carbons (Fsp3) is 0.381. The zero-order valence-electron chi connectivity index (χ0n) is 15.7. The molecule has 3 aromatic rings. The van der Waals surface area contributed by atoms with Crippen LogP contribution in [0.25, 0.3) is 11.0 Å². The van der Waals surface area contributed by atoms with Crippen LogP contribution in [0.3, 0.4) is 0 Å². The van der Waals surface area contributed by atoms with Crippen molar-refractivity contribution < 1.29 is 9.59 Å². The molecule has 2 aromatic heterocycles. The van der Waals surface area contributed by atoms with Crippen LogP contribution in [-0.4, -0.2) is 45.8 Å². The second kappa shape index (κ2) is 8.56. The number of imidazole rings is 1. The van der Waals surface area contributed by atoms with Crippen molar-refractivity contribution in [2.75, 3.05) is 13.1 Å². The number of fused-ring (bicyclic) bond motifs is 1. The van der Waals surface area contributed by atoms with Crippen LogP contribution >= 0.6 is 11.3 Å². The van der Waals surface area contributed by atoms with Crippen LogP contribution in [0.15, 0.2) is 41.8 Å². The number of amides is 2. The summed E-state index contributed by atoms with van der Waals surface area (Å²) in [6.07, 6.45) is 4.24. The number of hydrogen-bond acceptors (Lipinski definition) is 4. The van der Waals surface area contributed by atoms with Crippen LogP contribution in [0.1, 0.15) is 41.2 Å². The summed E-state index contributed by atoms with van der Waals surface area (Å²) in [7, 11) is 0. The molecular weight excluding hydrogens is 372 g/mol. The highest BCUT2D eigenvalue weighted by Crippen LogP contribution is 2.22. The van der Waals surface area contributed by atoms with E-state index in [1.807, 2.05) is 41.8 Å². The number of nitrogens with zero attached hydrogens (tertiary/aromatic N) is 2. The van der Waals surface area contributed by atoms with E-state index in [2.05, 4.69) is 15.3 Å². The predicted octanol–water partition coefficient (Wildman–Crippen LogP) is 3.37. The van der Waals surface area contributed by atoms with E-state index in [-0.39, 0.29) is 17.9 Å². The predicted molar refractivity (Wildman–Crippen MR) is 110 cm³/mol. The van der Waals surface area contributed by atoms with Gasteiger partial charge < -0.3 is 15.2 Å². The molecule has 1 aliphatic heterocycles. The lowest BCUT2D eigenvalue weighted by Gasteiger charge is -2.34. The molecule has 0 bridgehead atoms. The van der Waals surface area contributed by atoms with Gasteiger partial charge in [0.25, 0.3) is 5.91 Å². The molecule has 2 amide bonds. The standard InChI is InChI=1S/C21H24N4O2S/c26-20(17-9-3-4-13-25(17)21(27)18-10-6-14-28-18)22-12-5-11-19-23-15-7-1-2-8-16(15)24-19/h1-2,6-8,10,14,17H,3-5,9,11-13H2,(H,22,26)(H,23,24)/t17-/m1/s1. The lowest BCUT2D eigenvalue weighted by Crippen LogP contribution is -2.52. The maximum Gasteiger partial charge on any atom is 0.264 e. The molecule has 2 N–H and O–H groups in total. The largest absolute Gasteiger partial charge is 0.354 e. The molecule has 0 radical (unpaired) electrons. The Kier molecular flexibility index (Phi) is 5.71. The van der Waals surface area contributed by atoms with Crippen molar-refractivity contribution in [3.8, 4) is 0 Å². The number of carbonyl (C=O) groups is 2. The average molecular weight is 397 g/mol. The minimum atomic E-state index is -0.366. The van der Waals surface area contributed by atoms with Crippen LogP contribution in [0, 0.1) is 0 Å². The number of carbonyl (C=O) groups excluding carboxylic acids is 2. The number of benzene rings is 1. The number of aromatic nitrogens is 2. The highest BCUT2D eigenvalue weighted by Gasteiger charge is 2.32. The molecule has 1 saturated heterocycles. The third-order valence-corrected chi connectivity index (χ3v) is 5.98. The maximum atomic E-state index is 12.7. The molecule has 1 atom stereocenters. The summed E-state index contributed by atoms with van der Waals surface area (Å²) >= 11 is 1.43. The zero-order valence-corrected chi connectivity index (χ0v) is 16.5. The monoisotopic (exact) mass is 396 g/mol. The molecule has 28 heavy (non-hydrogen) atoms.